The molecule has 31 heavy (non-hydrogen) atoms. The van der Waals surface area contributed by atoms with Gasteiger partial charge >= 0.3 is 0 Å². The molecule has 0 fully saturated rings. The minimum absolute atomic E-state index is 0.0207. The van der Waals surface area contributed by atoms with Crippen molar-refractivity contribution in [1.29, 1.82) is 0 Å². The number of pyridine rings is 1. The highest BCUT2D eigenvalue weighted by molar-refractivity contribution is 7.15. The highest BCUT2D eigenvalue weighted by Crippen LogP contribution is 2.42. The number of aromatic nitrogens is 2. The Bertz CT molecular complexity index is 1360. The zero-order chi connectivity index (χ0) is 21.7. The highest BCUT2D eigenvalue weighted by Gasteiger charge is 2.45. The summed E-state index contributed by atoms with van der Waals surface area (Å²) in [6.45, 7) is 6.20. The standard InChI is InChI=1S/C23H19N3O4S/c1-4-29-14-8-9-15-17(11-14)30-21-18(20(15)27)19(16-7-5-6-10-24-16)26(22(21)28)23-25-12(2)13(3)31-23/h5-11,19H,4H2,1-3H3. The van der Waals surface area contributed by atoms with Crippen molar-refractivity contribution in [1.82, 2.24) is 9.97 Å². The first-order chi connectivity index (χ1) is 15.0. The number of rotatable bonds is 4. The van der Waals surface area contributed by atoms with Crippen LogP contribution in [0.2, 0.25) is 0 Å². The van der Waals surface area contributed by atoms with Gasteiger partial charge in [0.25, 0.3) is 5.91 Å². The van der Waals surface area contributed by atoms with Gasteiger partial charge in [-0.25, -0.2) is 4.98 Å². The molecule has 0 N–H and O–H groups in total. The van der Waals surface area contributed by atoms with E-state index >= 15 is 0 Å². The fourth-order valence-electron chi connectivity index (χ4n) is 3.78. The van der Waals surface area contributed by atoms with Crippen molar-refractivity contribution < 1.29 is 13.9 Å². The van der Waals surface area contributed by atoms with Gasteiger partial charge in [-0.2, -0.15) is 0 Å². The second-order valence-electron chi connectivity index (χ2n) is 7.24. The smallest absolute Gasteiger partial charge is 0.297 e. The van der Waals surface area contributed by atoms with Crippen LogP contribution in [0.15, 0.2) is 51.8 Å². The molecular formula is C23H19N3O4S. The van der Waals surface area contributed by atoms with Crippen molar-refractivity contribution in [3.05, 3.63) is 80.4 Å². The summed E-state index contributed by atoms with van der Waals surface area (Å²) >= 11 is 1.41. The van der Waals surface area contributed by atoms with Crippen LogP contribution in [-0.2, 0) is 0 Å². The molecule has 156 valence electrons. The molecule has 5 rings (SSSR count). The summed E-state index contributed by atoms with van der Waals surface area (Å²) < 4.78 is 11.5. The zero-order valence-corrected chi connectivity index (χ0v) is 18.0. The summed E-state index contributed by atoms with van der Waals surface area (Å²) in [5.74, 6) is 0.195. The van der Waals surface area contributed by atoms with Crippen molar-refractivity contribution in [3.63, 3.8) is 0 Å². The van der Waals surface area contributed by atoms with E-state index in [1.165, 1.54) is 16.2 Å². The van der Waals surface area contributed by atoms with Crippen molar-refractivity contribution >= 4 is 33.3 Å². The van der Waals surface area contributed by atoms with Crippen LogP contribution >= 0.6 is 11.3 Å². The van der Waals surface area contributed by atoms with Gasteiger partial charge in [0, 0.05) is 17.1 Å². The Morgan fingerprint density at radius 1 is 1.19 bits per heavy atom. The van der Waals surface area contributed by atoms with Gasteiger partial charge in [-0.05, 0) is 45.0 Å². The lowest BCUT2D eigenvalue weighted by Crippen LogP contribution is -2.30. The Hall–Kier alpha value is -3.52. The first-order valence-corrected chi connectivity index (χ1v) is 10.7. The van der Waals surface area contributed by atoms with E-state index < -0.39 is 11.9 Å². The normalized spacial score (nSPS) is 15.5. The van der Waals surface area contributed by atoms with Gasteiger partial charge in [0.05, 0.1) is 28.9 Å². The minimum atomic E-state index is -0.708. The molecule has 3 aromatic heterocycles. The Morgan fingerprint density at radius 3 is 2.71 bits per heavy atom. The largest absolute Gasteiger partial charge is 0.494 e. The van der Waals surface area contributed by atoms with Crippen molar-refractivity contribution in [3.8, 4) is 5.75 Å². The number of hydrogen-bond donors (Lipinski definition) is 0. The lowest BCUT2D eigenvalue weighted by molar-refractivity contribution is 0.0970. The fourth-order valence-corrected chi connectivity index (χ4v) is 4.72. The molecule has 4 aromatic rings. The van der Waals surface area contributed by atoms with Gasteiger partial charge < -0.3 is 9.15 Å². The Kier molecular flexibility index (Phi) is 4.59. The quantitative estimate of drug-likeness (QED) is 0.474. The number of carbonyl (C=O) groups excluding carboxylic acids is 1. The van der Waals surface area contributed by atoms with E-state index in [2.05, 4.69) is 9.97 Å². The first-order valence-electron chi connectivity index (χ1n) is 9.91. The third kappa shape index (κ3) is 3.02. The molecule has 8 heteroatoms. The number of benzene rings is 1. The second-order valence-corrected chi connectivity index (χ2v) is 8.42. The highest BCUT2D eigenvalue weighted by atomic mass is 32.1. The first kappa shape index (κ1) is 19.4. The molecule has 1 amide bonds. The molecule has 0 saturated carbocycles. The van der Waals surface area contributed by atoms with Crippen LogP contribution in [0.25, 0.3) is 11.0 Å². The summed E-state index contributed by atoms with van der Waals surface area (Å²) in [5.41, 5.74) is 1.77. The van der Waals surface area contributed by atoms with Crippen LogP contribution in [0.4, 0.5) is 5.13 Å². The number of amides is 1. The van der Waals surface area contributed by atoms with Crippen LogP contribution in [-0.4, -0.2) is 22.5 Å². The second kappa shape index (κ2) is 7.31. The number of aryl methyl sites for hydroxylation is 2. The van der Waals surface area contributed by atoms with Crippen LogP contribution in [0, 0.1) is 13.8 Å². The van der Waals surface area contributed by atoms with Gasteiger partial charge in [0.2, 0.25) is 5.76 Å². The van der Waals surface area contributed by atoms with Crippen molar-refractivity contribution in [2.75, 3.05) is 11.5 Å². The predicted molar refractivity (Wildman–Crippen MR) is 118 cm³/mol. The average Bonchev–Trinajstić information content (AvgIpc) is 3.25. The molecule has 0 saturated heterocycles. The van der Waals surface area contributed by atoms with Gasteiger partial charge in [0.15, 0.2) is 10.6 Å². The van der Waals surface area contributed by atoms with Crippen molar-refractivity contribution in [2.24, 2.45) is 0 Å². The van der Waals surface area contributed by atoms with Gasteiger partial charge in [0.1, 0.15) is 17.4 Å². The molecule has 1 atom stereocenters. The monoisotopic (exact) mass is 433 g/mol. The molecule has 1 unspecified atom stereocenters. The molecule has 7 nitrogen and oxygen atoms in total. The topological polar surface area (TPSA) is 85.5 Å². The minimum Gasteiger partial charge on any atom is -0.494 e. The third-order valence-electron chi connectivity index (χ3n) is 5.35. The lowest BCUT2D eigenvalue weighted by Gasteiger charge is -2.21. The molecule has 4 heterocycles. The van der Waals surface area contributed by atoms with E-state index in [4.69, 9.17) is 9.15 Å². The summed E-state index contributed by atoms with van der Waals surface area (Å²) in [6, 6.07) is 9.76. The van der Waals surface area contributed by atoms with Crippen LogP contribution in [0.5, 0.6) is 5.75 Å². The molecule has 1 aromatic carbocycles. The van der Waals surface area contributed by atoms with Crippen molar-refractivity contribution in [2.45, 2.75) is 26.8 Å². The lowest BCUT2D eigenvalue weighted by atomic mass is 10.0. The number of ether oxygens (including phenoxy) is 1. The van der Waals surface area contributed by atoms with Crippen LogP contribution in [0.3, 0.4) is 0 Å². The maximum absolute atomic E-state index is 13.5. The van der Waals surface area contributed by atoms with E-state index in [0.29, 0.717) is 34.2 Å². The Morgan fingerprint density at radius 2 is 2.03 bits per heavy atom. The fraction of sp³-hybridized carbons (Fsp3) is 0.217. The van der Waals surface area contributed by atoms with Crippen LogP contribution < -0.4 is 15.1 Å². The zero-order valence-electron chi connectivity index (χ0n) is 17.2. The van der Waals surface area contributed by atoms with E-state index in [0.717, 1.165) is 10.6 Å². The van der Waals surface area contributed by atoms with Gasteiger partial charge in [-0.3, -0.25) is 19.5 Å². The number of fused-ring (bicyclic) bond motifs is 2. The molecular weight excluding hydrogens is 414 g/mol. The van der Waals surface area contributed by atoms with E-state index in [-0.39, 0.29) is 16.8 Å². The van der Waals surface area contributed by atoms with Gasteiger partial charge in [-0.1, -0.05) is 6.07 Å². The molecule has 0 spiro atoms. The van der Waals surface area contributed by atoms with E-state index in [1.54, 1.807) is 36.5 Å². The maximum atomic E-state index is 13.5. The Labute approximate surface area is 181 Å². The van der Waals surface area contributed by atoms with E-state index in [1.807, 2.05) is 26.8 Å². The summed E-state index contributed by atoms with van der Waals surface area (Å²) in [5, 5.41) is 0.907. The molecule has 0 radical (unpaired) electrons. The van der Waals surface area contributed by atoms with Crippen LogP contribution in [0.1, 0.15) is 45.3 Å². The molecule has 0 aliphatic carbocycles. The molecule has 0 bridgehead atoms. The predicted octanol–water partition coefficient (Wildman–Crippen LogP) is 4.41. The SMILES string of the molecule is CCOc1ccc2c(=O)c3c(oc2c1)C(=O)N(c1nc(C)c(C)s1)C3c1ccccn1. The maximum Gasteiger partial charge on any atom is 0.297 e. The summed E-state index contributed by atoms with van der Waals surface area (Å²) in [6.07, 6.45) is 1.64. The number of nitrogens with zero attached hydrogens (tertiary/aromatic N) is 3. The van der Waals surface area contributed by atoms with E-state index in [9.17, 15) is 9.59 Å². The number of hydrogen-bond acceptors (Lipinski definition) is 7. The number of thiazole rings is 1. The molecule has 1 aliphatic rings. The Balaban J connectivity index is 1.78. The average molecular weight is 433 g/mol. The number of carbonyl (C=O) groups is 1. The van der Waals surface area contributed by atoms with Gasteiger partial charge in [-0.15, -0.1) is 11.3 Å². The number of anilines is 1. The third-order valence-corrected chi connectivity index (χ3v) is 6.42. The summed E-state index contributed by atoms with van der Waals surface area (Å²) in [7, 11) is 0. The molecule has 1 aliphatic heterocycles. The summed E-state index contributed by atoms with van der Waals surface area (Å²) in [4.78, 5) is 38.6.